The molecule has 0 aliphatic heterocycles. The number of hydrogen-bond donors (Lipinski definition) is 2. The van der Waals surface area contributed by atoms with E-state index < -0.39 is 0 Å². The molecule has 21 heavy (non-hydrogen) atoms. The molecule has 0 amide bonds. The Balaban J connectivity index is 2.17. The summed E-state index contributed by atoms with van der Waals surface area (Å²) in [5.74, 6) is -0.110. The maximum atomic E-state index is 13.7. The lowest BCUT2D eigenvalue weighted by Crippen LogP contribution is -2.18. The lowest BCUT2D eigenvalue weighted by molar-refractivity contribution is 0.386. The molecular weight excluding hydrogens is 269 g/mol. The molecule has 5 heteroatoms. The Kier molecular flexibility index (Phi) is 4.42. The molecule has 110 valence electrons. The lowest BCUT2D eigenvalue weighted by atomic mass is 10.1. The SMILES string of the molecule is COc1ccc(CN(C)c2cccc(C(=N)N)c2)cc1F. The molecule has 0 saturated heterocycles. The monoisotopic (exact) mass is 287 g/mol. The highest BCUT2D eigenvalue weighted by Gasteiger charge is 2.07. The van der Waals surface area contributed by atoms with Gasteiger partial charge in [0, 0.05) is 24.8 Å². The molecule has 0 atom stereocenters. The van der Waals surface area contributed by atoms with Crippen molar-refractivity contribution >= 4 is 11.5 Å². The third-order valence-electron chi connectivity index (χ3n) is 3.23. The summed E-state index contributed by atoms with van der Waals surface area (Å²) in [6, 6.07) is 12.3. The van der Waals surface area contributed by atoms with Crippen LogP contribution in [0.3, 0.4) is 0 Å². The number of nitrogen functional groups attached to an aromatic ring is 1. The molecule has 0 saturated carbocycles. The summed E-state index contributed by atoms with van der Waals surface area (Å²) < 4.78 is 18.6. The van der Waals surface area contributed by atoms with Gasteiger partial charge >= 0.3 is 0 Å². The molecule has 4 nitrogen and oxygen atoms in total. The van der Waals surface area contributed by atoms with Gasteiger partial charge < -0.3 is 15.4 Å². The molecule has 0 fully saturated rings. The van der Waals surface area contributed by atoms with Gasteiger partial charge in [-0.15, -0.1) is 0 Å². The normalized spacial score (nSPS) is 10.2. The molecule has 0 bridgehead atoms. The zero-order chi connectivity index (χ0) is 15.4. The Bertz CT molecular complexity index is 658. The first kappa shape index (κ1) is 14.8. The molecule has 0 spiro atoms. The van der Waals surface area contributed by atoms with Crippen LogP contribution in [0, 0.1) is 11.2 Å². The molecule has 0 aliphatic carbocycles. The number of amidine groups is 1. The summed E-state index contributed by atoms with van der Waals surface area (Å²) in [5.41, 5.74) is 7.91. The van der Waals surface area contributed by atoms with E-state index in [1.54, 1.807) is 12.1 Å². The van der Waals surface area contributed by atoms with Gasteiger partial charge in [-0.1, -0.05) is 18.2 Å². The van der Waals surface area contributed by atoms with Crippen LogP contribution in [0.2, 0.25) is 0 Å². The van der Waals surface area contributed by atoms with Gasteiger partial charge in [-0.05, 0) is 29.8 Å². The Labute approximate surface area is 123 Å². The van der Waals surface area contributed by atoms with Gasteiger partial charge in [0.2, 0.25) is 0 Å². The van der Waals surface area contributed by atoms with Crippen molar-refractivity contribution in [3.63, 3.8) is 0 Å². The molecule has 2 rings (SSSR count). The molecule has 3 N–H and O–H groups in total. The Morgan fingerprint density at radius 1 is 1.29 bits per heavy atom. The van der Waals surface area contributed by atoms with E-state index in [-0.39, 0.29) is 17.4 Å². The van der Waals surface area contributed by atoms with Crippen molar-refractivity contribution < 1.29 is 9.13 Å². The standard InChI is InChI=1S/C16H18FN3O/c1-20(13-5-3-4-12(9-13)16(18)19)10-11-6-7-15(21-2)14(17)8-11/h3-9H,10H2,1-2H3,(H3,18,19). The second-order valence-electron chi connectivity index (χ2n) is 4.79. The van der Waals surface area contributed by atoms with Crippen molar-refractivity contribution in [3.05, 3.63) is 59.4 Å². The second-order valence-corrected chi connectivity index (χ2v) is 4.79. The van der Waals surface area contributed by atoms with Crippen LogP contribution in [-0.2, 0) is 6.54 Å². The van der Waals surface area contributed by atoms with Gasteiger partial charge in [0.1, 0.15) is 5.84 Å². The first-order chi connectivity index (χ1) is 10.0. The summed E-state index contributed by atoms with van der Waals surface area (Å²) in [7, 11) is 3.35. The molecule has 2 aromatic carbocycles. The van der Waals surface area contributed by atoms with E-state index in [2.05, 4.69) is 0 Å². The van der Waals surface area contributed by atoms with Crippen molar-refractivity contribution in [1.82, 2.24) is 0 Å². The molecule has 0 aliphatic rings. The minimum absolute atomic E-state index is 0.0285. The van der Waals surface area contributed by atoms with E-state index in [1.807, 2.05) is 36.2 Å². The zero-order valence-electron chi connectivity index (χ0n) is 12.1. The average Bonchev–Trinajstić information content (AvgIpc) is 2.47. The van der Waals surface area contributed by atoms with Crippen LogP contribution in [0.5, 0.6) is 5.75 Å². The number of rotatable bonds is 5. The van der Waals surface area contributed by atoms with Gasteiger partial charge in [-0.3, -0.25) is 5.41 Å². The topological polar surface area (TPSA) is 62.3 Å². The van der Waals surface area contributed by atoms with E-state index >= 15 is 0 Å². The predicted octanol–water partition coefficient (Wildman–Crippen LogP) is 2.75. The van der Waals surface area contributed by atoms with Crippen molar-refractivity contribution in [3.8, 4) is 5.75 Å². The van der Waals surface area contributed by atoms with E-state index in [0.717, 1.165) is 11.3 Å². The highest BCUT2D eigenvalue weighted by Crippen LogP contribution is 2.21. The summed E-state index contributed by atoms with van der Waals surface area (Å²) in [6.07, 6.45) is 0. The summed E-state index contributed by atoms with van der Waals surface area (Å²) in [5, 5.41) is 7.46. The molecular formula is C16H18FN3O. The smallest absolute Gasteiger partial charge is 0.165 e. The Morgan fingerprint density at radius 2 is 2.05 bits per heavy atom. The first-order valence-electron chi connectivity index (χ1n) is 6.49. The summed E-state index contributed by atoms with van der Waals surface area (Å²) in [4.78, 5) is 1.97. The number of benzene rings is 2. The van der Waals surface area contributed by atoms with E-state index in [9.17, 15) is 4.39 Å². The quantitative estimate of drug-likeness (QED) is 0.656. The zero-order valence-corrected chi connectivity index (χ0v) is 12.1. The Hall–Kier alpha value is -2.56. The highest BCUT2D eigenvalue weighted by atomic mass is 19.1. The van der Waals surface area contributed by atoms with Crippen molar-refractivity contribution in [2.75, 3.05) is 19.1 Å². The van der Waals surface area contributed by atoms with Crippen LogP contribution < -0.4 is 15.4 Å². The molecule has 0 aromatic heterocycles. The maximum Gasteiger partial charge on any atom is 0.165 e. The van der Waals surface area contributed by atoms with E-state index in [4.69, 9.17) is 15.9 Å². The summed E-state index contributed by atoms with van der Waals surface area (Å²) >= 11 is 0. The van der Waals surface area contributed by atoms with Gasteiger partial charge in [0.25, 0.3) is 0 Å². The predicted molar refractivity (Wildman–Crippen MR) is 82.5 cm³/mol. The van der Waals surface area contributed by atoms with Gasteiger partial charge in [0.05, 0.1) is 7.11 Å². The highest BCUT2D eigenvalue weighted by molar-refractivity contribution is 5.95. The van der Waals surface area contributed by atoms with Crippen LogP contribution in [0.15, 0.2) is 42.5 Å². The van der Waals surface area contributed by atoms with Crippen LogP contribution >= 0.6 is 0 Å². The van der Waals surface area contributed by atoms with Crippen molar-refractivity contribution in [2.45, 2.75) is 6.54 Å². The third kappa shape index (κ3) is 3.51. The number of hydrogen-bond acceptors (Lipinski definition) is 3. The molecule has 0 unspecified atom stereocenters. The average molecular weight is 287 g/mol. The number of anilines is 1. The maximum absolute atomic E-state index is 13.7. The second kappa shape index (κ2) is 6.26. The van der Waals surface area contributed by atoms with Crippen LogP contribution in [-0.4, -0.2) is 20.0 Å². The molecule has 2 aromatic rings. The fraction of sp³-hybridized carbons (Fsp3) is 0.188. The number of ether oxygens (including phenoxy) is 1. The number of nitrogens with zero attached hydrogens (tertiary/aromatic N) is 1. The molecule has 0 heterocycles. The fourth-order valence-corrected chi connectivity index (χ4v) is 2.08. The van der Waals surface area contributed by atoms with Gasteiger partial charge in [-0.2, -0.15) is 0 Å². The number of halogens is 1. The van der Waals surface area contributed by atoms with E-state index in [0.29, 0.717) is 12.1 Å². The summed E-state index contributed by atoms with van der Waals surface area (Å²) in [6.45, 7) is 0.544. The number of nitrogens with one attached hydrogen (secondary N) is 1. The fourth-order valence-electron chi connectivity index (χ4n) is 2.08. The van der Waals surface area contributed by atoms with Gasteiger partial charge in [0.15, 0.2) is 11.6 Å². The van der Waals surface area contributed by atoms with E-state index in [1.165, 1.54) is 13.2 Å². The van der Waals surface area contributed by atoms with Crippen LogP contribution in [0.25, 0.3) is 0 Å². The molecule has 0 radical (unpaired) electrons. The lowest BCUT2D eigenvalue weighted by Gasteiger charge is -2.20. The number of nitrogens with two attached hydrogens (primary N) is 1. The third-order valence-corrected chi connectivity index (χ3v) is 3.23. The largest absolute Gasteiger partial charge is 0.494 e. The van der Waals surface area contributed by atoms with Gasteiger partial charge in [-0.25, -0.2) is 4.39 Å². The Morgan fingerprint density at radius 3 is 2.67 bits per heavy atom. The van der Waals surface area contributed by atoms with Crippen molar-refractivity contribution in [1.29, 1.82) is 5.41 Å². The van der Waals surface area contributed by atoms with Crippen LogP contribution in [0.1, 0.15) is 11.1 Å². The van der Waals surface area contributed by atoms with Crippen LogP contribution in [0.4, 0.5) is 10.1 Å². The van der Waals surface area contributed by atoms with Crippen molar-refractivity contribution in [2.24, 2.45) is 5.73 Å². The minimum Gasteiger partial charge on any atom is -0.494 e. The minimum atomic E-state index is -0.374. The first-order valence-corrected chi connectivity index (χ1v) is 6.49. The number of methoxy groups -OCH3 is 1.